The van der Waals surface area contributed by atoms with Crippen LogP contribution in [0.4, 0.5) is 11.4 Å². The molecule has 142 valence electrons. The molecule has 0 aromatic heterocycles. The van der Waals surface area contributed by atoms with E-state index in [2.05, 4.69) is 16.0 Å². The van der Waals surface area contributed by atoms with Gasteiger partial charge in [0.05, 0.1) is 16.8 Å². The zero-order valence-electron chi connectivity index (χ0n) is 15.2. The Morgan fingerprint density at radius 2 is 1.21 bits per heavy atom. The molecular weight excluding hydrogens is 354 g/mol. The van der Waals surface area contributed by atoms with Crippen molar-refractivity contribution < 1.29 is 14.7 Å². The first-order valence-corrected chi connectivity index (χ1v) is 8.90. The molecule has 3 rings (SSSR count). The average Bonchev–Trinajstić information content (AvgIpc) is 2.72. The molecule has 0 heterocycles. The van der Waals surface area contributed by atoms with Gasteiger partial charge in [0.15, 0.2) is 0 Å². The molecule has 28 heavy (non-hydrogen) atoms. The van der Waals surface area contributed by atoms with Crippen molar-refractivity contribution in [1.82, 2.24) is 10.6 Å². The molecule has 0 spiro atoms. The molecule has 3 aromatic rings. The van der Waals surface area contributed by atoms with Gasteiger partial charge in [-0.05, 0) is 36.4 Å². The summed E-state index contributed by atoms with van der Waals surface area (Å²) in [5.41, 5.74) is 2.30. The van der Waals surface area contributed by atoms with Crippen LogP contribution in [0.2, 0.25) is 0 Å². The fraction of sp³-hybridized carbons (Fsp3) is 0.0909. The van der Waals surface area contributed by atoms with Crippen LogP contribution in [0.3, 0.4) is 0 Å². The lowest BCUT2D eigenvalue weighted by atomic mass is 10.1. The molecule has 0 fully saturated rings. The maximum Gasteiger partial charge on any atom is 0.255 e. The van der Waals surface area contributed by atoms with Crippen LogP contribution < -0.4 is 16.0 Å². The maximum atomic E-state index is 12.5. The van der Waals surface area contributed by atoms with Crippen molar-refractivity contribution in [2.24, 2.45) is 0 Å². The number of aromatic hydroxyl groups is 1. The van der Waals surface area contributed by atoms with Crippen molar-refractivity contribution in [1.29, 1.82) is 0 Å². The molecule has 3 aromatic carbocycles. The summed E-state index contributed by atoms with van der Waals surface area (Å²) in [5, 5.41) is 18.4. The lowest BCUT2D eigenvalue weighted by Gasteiger charge is -2.12. The molecule has 6 nitrogen and oxygen atoms in total. The predicted octanol–water partition coefficient (Wildman–Crippen LogP) is 3.30. The van der Waals surface area contributed by atoms with Gasteiger partial charge in [-0.25, -0.2) is 0 Å². The summed E-state index contributed by atoms with van der Waals surface area (Å²) in [7, 11) is 0. The zero-order chi connectivity index (χ0) is 19.8. The Balaban J connectivity index is 1.54. The van der Waals surface area contributed by atoms with E-state index in [4.69, 9.17) is 0 Å². The van der Waals surface area contributed by atoms with Gasteiger partial charge in [-0.2, -0.15) is 0 Å². The summed E-state index contributed by atoms with van der Waals surface area (Å²) in [5.74, 6) is -0.709. The number of anilines is 2. The smallest absolute Gasteiger partial charge is 0.255 e. The van der Waals surface area contributed by atoms with E-state index in [0.29, 0.717) is 11.3 Å². The van der Waals surface area contributed by atoms with E-state index in [0.717, 1.165) is 5.69 Å². The van der Waals surface area contributed by atoms with Gasteiger partial charge >= 0.3 is 0 Å². The third-order valence-electron chi connectivity index (χ3n) is 4.07. The van der Waals surface area contributed by atoms with Crippen LogP contribution in [0.25, 0.3) is 0 Å². The quantitative estimate of drug-likeness (QED) is 0.477. The summed E-state index contributed by atoms with van der Waals surface area (Å²) in [6, 6.07) is 23.1. The molecule has 6 heteroatoms. The number of hydrogen-bond donors (Lipinski definition) is 4. The molecular formula is C22H21N3O3. The molecule has 0 unspecified atom stereocenters. The van der Waals surface area contributed by atoms with E-state index >= 15 is 0 Å². The van der Waals surface area contributed by atoms with Gasteiger partial charge in [0.25, 0.3) is 11.8 Å². The minimum absolute atomic E-state index is 0.0788. The molecule has 0 saturated carbocycles. The molecule has 0 aliphatic carbocycles. The van der Waals surface area contributed by atoms with Gasteiger partial charge in [-0.1, -0.05) is 42.5 Å². The monoisotopic (exact) mass is 375 g/mol. The highest BCUT2D eigenvalue weighted by atomic mass is 16.3. The van der Waals surface area contributed by atoms with Crippen LogP contribution in [0.5, 0.6) is 5.75 Å². The minimum Gasteiger partial charge on any atom is -0.507 e. The van der Waals surface area contributed by atoms with Gasteiger partial charge in [0, 0.05) is 18.8 Å². The number of phenolic OH excluding ortho intramolecular Hbond substituents is 1. The Morgan fingerprint density at radius 3 is 1.89 bits per heavy atom. The highest BCUT2D eigenvalue weighted by molar-refractivity contribution is 6.00. The van der Waals surface area contributed by atoms with Crippen LogP contribution in [0, 0.1) is 0 Å². The Kier molecular flexibility index (Phi) is 6.25. The molecule has 0 radical (unpaired) electrons. The van der Waals surface area contributed by atoms with Crippen molar-refractivity contribution in [3.05, 3.63) is 90.0 Å². The van der Waals surface area contributed by atoms with Crippen LogP contribution in [0.1, 0.15) is 20.7 Å². The number of carbonyl (C=O) groups is 2. The number of phenols is 1. The fourth-order valence-corrected chi connectivity index (χ4v) is 2.68. The number of carbonyl (C=O) groups excluding carboxylic acids is 2. The Bertz CT molecular complexity index is 958. The maximum absolute atomic E-state index is 12.5. The van der Waals surface area contributed by atoms with E-state index in [9.17, 15) is 14.7 Å². The summed E-state index contributed by atoms with van der Waals surface area (Å²) in [6.45, 7) is 0.505. The van der Waals surface area contributed by atoms with Gasteiger partial charge in [-0.15, -0.1) is 0 Å². The fourth-order valence-electron chi connectivity index (χ4n) is 2.68. The van der Waals surface area contributed by atoms with E-state index < -0.39 is 5.91 Å². The normalized spacial score (nSPS) is 10.1. The van der Waals surface area contributed by atoms with E-state index in [-0.39, 0.29) is 30.3 Å². The SMILES string of the molecule is O=C(NCCNC(=O)c1ccccc1Nc1ccccc1)c1ccccc1O. The summed E-state index contributed by atoms with van der Waals surface area (Å²) in [4.78, 5) is 24.6. The van der Waals surface area contributed by atoms with Crippen molar-refractivity contribution in [2.45, 2.75) is 0 Å². The second-order valence-corrected chi connectivity index (χ2v) is 6.07. The lowest BCUT2D eigenvalue weighted by Crippen LogP contribution is -2.34. The van der Waals surface area contributed by atoms with Crippen LogP contribution in [-0.4, -0.2) is 30.0 Å². The molecule has 0 aliphatic heterocycles. The minimum atomic E-state index is -0.390. The third kappa shape index (κ3) is 4.88. The third-order valence-corrected chi connectivity index (χ3v) is 4.07. The first-order chi connectivity index (χ1) is 13.6. The van der Waals surface area contributed by atoms with Crippen LogP contribution in [-0.2, 0) is 0 Å². The van der Waals surface area contributed by atoms with Crippen LogP contribution >= 0.6 is 0 Å². The standard InChI is InChI=1S/C22H21N3O3/c26-20-13-7-5-11-18(20)22(28)24-15-14-23-21(27)17-10-4-6-12-19(17)25-16-8-2-1-3-9-16/h1-13,25-26H,14-15H2,(H,23,27)(H,24,28). The Morgan fingerprint density at radius 1 is 0.679 bits per heavy atom. The largest absolute Gasteiger partial charge is 0.507 e. The van der Waals surface area contributed by atoms with E-state index in [1.54, 1.807) is 24.3 Å². The molecule has 0 bridgehead atoms. The van der Waals surface area contributed by atoms with E-state index in [1.807, 2.05) is 42.5 Å². The number of nitrogens with one attached hydrogen (secondary N) is 3. The van der Waals surface area contributed by atoms with Crippen molar-refractivity contribution in [3.8, 4) is 5.75 Å². The second-order valence-electron chi connectivity index (χ2n) is 6.07. The Hall–Kier alpha value is -3.80. The number of benzene rings is 3. The number of para-hydroxylation sites is 3. The molecule has 0 saturated heterocycles. The number of hydrogen-bond acceptors (Lipinski definition) is 4. The second kappa shape index (κ2) is 9.23. The van der Waals surface area contributed by atoms with Gasteiger partial charge < -0.3 is 21.1 Å². The molecule has 4 N–H and O–H groups in total. The molecule has 0 atom stereocenters. The van der Waals surface area contributed by atoms with E-state index in [1.165, 1.54) is 12.1 Å². The van der Waals surface area contributed by atoms with Crippen molar-refractivity contribution in [2.75, 3.05) is 18.4 Å². The predicted molar refractivity (Wildman–Crippen MR) is 109 cm³/mol. The lowest BCUT2D eigenvalue weighted by molar-refractivity contribution is 0.0926. The first kappa shape index (κ1) is 19.0. The van der Waals surface area contributed by atoms with Crippen molar-refractivity contribution >= 4 is 23.2 Å². The number of amides is 2. The highest BCUT2D eigenvalue weighted by Gasteiger charge is 2.12. The summed E-state index contributed by atoms with van der Waals surface area (Å²) in [6.07, 6.45) is 0. The molecule has 2 amide bonds. The first-order valence-electron chi connectivity index (χ1n) is 8.90. The summed E-state index contributed by atoms with van der Waals surface area (Å²) >= 11 is 0. The van der Waals surface area contributed by atoms with Crippen LogP contribution in [0.15, 0.2) is 78.9 Å². The zero-order valence-corrected chi connectivity index (χ0v) is 15.2. The van der Waals surface area contributed by atoms with Gasteiger partial charge in [-0.3, -0.25) is 9.59 Å². The topological polar surface area (TPSA) is 90.5 Å². The average molecular weight is 375 g/mol. The highest BCUT2D eigenvalue weighted by Crippen LogP contribution is 2.20. The Labute approximate surface area is 163 Å². The summed E-state index contributed by atoms with van der Waals surface area (Å²) < 4.78 is 0. The van der Waals surface area contributed by atoms with Crippen molar-refractivity contribution in [3.63, 3.8) is 0 Å². The molecule has 0 aliphatic rings. The van der Waals surface area contributed by atoms with Gasteiger partial charge in [0.1, 0.15) is 5.75 Å². The van der Waals surface area contributed by atoms with Gasteiger partial charge in [0.2, 0.25) is 0 Å². The number of rotatable bonds is 7.